The minimum Gasteiger partial charge on any atom is -0.481 e. The smallest absolute Gasteiger partial charge is 0.328 e. The summed E-state index contributed by atoms with van der Waals surface area (Å²) in [5.41, 5.74) is 0. The third-order valence-corrected chi connectivity index (χ3v) is 7.17. The normalized spacial score (nSPS) is 11.5. The lowest BCUT2D eigenvalue weighted by Crippen LogP contribution is -2.42. The van der Waals surface area contributed by atoms with E-state index in [2.05, 4.69) is 16.0 Å². The maximum absolute atomic E-state index is 12.4. The Balaban J connectivity index is 3.79. The molecule has 1 atom stereocenters. The van der Waals surface area contributed by atoms with E-state index >= 15 is 0 Å². The summed E-state index contributed by atoms with van der Waals surface area (Å²) in [6, 6.07) is -0.903. The molecule has 4 N–H and O–H groups in total. The van der Waals surface area contributed by atoms with Gasteiger partial charge in [0.25, 0.3) is 0 Å². The molecule has 0 aliphatic heterocycles. The zero-order valence-electron chi connectivity index (χ0n) is 28.4. The van der Waals surface area contributed by atoms with Gasteiger partial charge in [-0.2, -0.15) is 0 Å². The molecule has 0 bridgehead atoms. The number of carboxylic acid groups (broad SMARTS) is 1. The summed E-state index contributed by atoms with van der Waals surface area (Å²) in [6.07, 6.45) is 10.6. The molecule has 0 spiro atoms. The Hall–Kier alpha value is -2.41. The predicted molar refractivity (Wildman–Crippen MR) is 185 cm³/mol. The summed E-state index contributed by atoms with van der Waals surface area (Å²) < 4.78 is 25.7. The topological polar surface area (TPSA) is 205 Å². The van der Waals surface area contributed by atoms with Crippen molar-refractivity contribution in [2.24, 2.45) is 0 Å². The van der Waals surface area contributed by atoms with E-state index in [1.54, 1.807) is 22.6 Å². The standard InChI is InChI=1S/C32H56IN3O12/c1-44-32(43)26(36-29(39)12-10-8-6-4-2-3-5-7-9-11-13-31(41)42)14-15-28(38)34-16-18-45-21-23-48-25-30(40)35-17-19-46-20-22-47-24-27(33)37/h26H,2-25H2,1H3,(H,34,38)(H,35,40)(H,36,39)(H,41,42)/t26-/m0/s1. The van der Waals surface area contributed by atoms with Crippen molar-refractivity contribution < 1.29 is 57.6 Å². The number of nitrogens with one attached hydrogen (secondary N) is 3. The van der Waals surface area contributed by atoms with Crippen molar-refractivity contribution in [1.82, 2.24) is 16.0 Å². The van der Waals surface area contributed by atoms with E-state index in [1.165, 1.54) is 7.11 Å². The van der Waals surface area contributed by atoms with Gasteiger partial charge in [-0.1, -0.05) is 51.4 Å². The van der Waals surface area contributed by atoms with Gasteiger partial charge in [-0.15, -0.1) is 0 Å². The van der Waals surface area contributed by atoms with Crippen LogP contribution in [0.3, 0.4) is 0 Å². The van der Waals surface area contributed by atoms with Crippen LogP contribution in [-0.4, -0.2) is 118 Å². The monoisotopic (exact) mass is 801 g/mol. The molecule has 0 radical (unpaired) electrons. The van der Waals surface area contributed by atoms with Crippen LogP contribution in [-0.2, 0) is 52.5 Å². The van der Waals surface area contributed by atoms with Crippen LogP contribution in [0.5, 0.6) is 0 Å². The van der Waals surface area contributed by atoms with Gasteiger partial charge in [0.1, 0.15) is 19.3 Å². The molecule has 0 rings (SSSR count). The highest BCUT2D eigenvalue weighted by atomic mass is 127. The van der Waals surface area contributed by atoms with Gasteiger partial charge in [-0.25, -0.2) is 4.79 Å². The van der Waals surface area contributed by atoms with Gasteiger partial charge in [0.05, 0.1) is 46.8 Å². The molecule has 0 saturated heterocycles. The second kappa shape index (κ2) is 33.1. The zero-order valence-corrected chi connectivity index (χ0v) is 30.5. The first kappa shape index (κ1) is 45.6. The van der Waals surface area contributed by atoms with Crippen molar-refractivity contribution in [3.63, 3.8) is 0 Å². The van der Waals surface area contributed by atoms with Crippen molar-refractivity contribution >= 4 is 56.0 Å². The summed E-state index contributed by atoms with van der Waals surface area (Å²) in [7, 11) is 1.24. The number of hydrogen-bond donors (Lipinski definition) is 4. The van der Waals surface area contributed by atoms with Crippen molar-refractivity contribution in [3.8, 4) is 0 Å². The minimum absolute atomic E-state index is 0.0240. The van der Waals surface area contributed by atoms with E-state index in [0.29, 0.717) is 39.2 Å². The average Bonchev–Trinajstić information content (AvgIpc) is 3.05. The molecule has 0 unspecified atom stereocenters. The van der Waals surface area contributed by atoms with E-state index in [9.17, 15) is 28.8 Å². The molecule has 0 aromatic rings. The second-order valence-electron chi connectivity index (χ2n) is 11.0. The molecule has 0 aromatic heterocycles. The van der Waals surface area contributed by atoms with E-state index in [4.69, 9.17) is 28.8 Å². The Labute approximate surface area is 297 Å². The van der Waals surface area contributed by atoms with E-state index in [-0.39, 0.29) is 80.4 Å². The summed E-state index contributed by atoms with van der Waals surface area (Å²) in [4.78, 5) is 69.7. The number of amides is 3. The molecular formula is C32H56IN3O12. The first-order valence-corrected chi connectivity index (χ1v) is 17.8. The van der Waals surface area contributed by atoms with Crippen LogP contribution >= 0.6 is 22.6 Å². The molecule has 0 saturated carbocycles. The fourth-order valence-electron chi connectivity index (χ4n) is 4.33. The Bertz CT molecular complexity index is 910. The largest absolute Gasteiger partial charge is 0.481 e. The van der Waals surface area contributed by atoms with Crippen LogP contribution in [0.1, 0.15) is 89.9 Å². The number of aliphatic carboxylic acids is 1. The van der Waals surface area contributed by atoms with Crippen molar-refractivity contribution in [3.05, 3.63) is 0 Å². The molecule has 0 fully saturated rings. The third kappa shape index (κ3) is 32.2. The number of esters is 1. The summed E-state index contributed by atoms with van der Waals surface area (Å²) >= 11 is 1.65. The maximum Gasteiger partial charge on any atom is 0.328 e. The second-order valence-corrected chi connectivity index (χ2v) is 12.2. The van der Waals surface area contributed by atoms with Gasteiger partial charge >= 0.3 is 11.9 Å². The molecule has 3 amide bonds. The van der Waals surface area contributed by atoms with Crippen LogP contribution in [0.2, 0.25) is 0 Å². The molecule has 0 aliphatic carbocycles. The lowest BCUT2D eigenvalue weighted by molar-refractivity contribution is -0.145. The first-order valence-electron chi connectivity index (χ1n) is 16.8. The SMILES string of the molecule is COC(=O)[C@H](CCC(=O)NCCOCCOCC(=O)NCCOCCOCC(=O)I)NC(=O)CCCCCCCCCCCCC(=O)O. The van der Waals surface area contributed by atoms with Crippen LogP contribution in [0.25, 0.3) is 0 Å². The Morgan fingerprint density at radius 1 is 0.583 bits per heavy atom. The minimum atomic E-state index is -0.903. The molecule has 48 heavy (non-hydrogen) atoms. The quantitative estimate of drug-likeness (QED) is 0.0321. The van der Waals surface area contributed by atoms with Crippen LogP contribution in [0.4, 0.5) is 0 Å². The van der Waals surface area contributed by atoms with Gasteiger partial charge in [0.2, 0.25) is 21.5 Å². The van der Waals surface area contributed by atoms with Crippen LogP contribution in [0, 0.1) is 0 Å². The molecule has 16 heteroatoms. The maximum atomic E-state index is 12.4. The highest BCUT2D eigenvalue weighted by Gasteiger charge is 2.22. The van der Waals surface area contributed by atoms with Gasteiger partial charge in [0, 0.05) is 54.9 Å². The fraction of sp³-hybridized carbons (Fsp3) is 0.812. The number of ether oxygens (including phenoxy) is 5. The molecule has 278 valence electrons. The number of hydrogen-bond acceptors (Lipinski definition) is 11. The summed E-state index contributed by atoms with van der Waals surface area (Å²) in [6.45, 7) is 2.10. The lowest BCUT2D eigenvalue weighted by atomic mass is 10.0. The average molecular weight is 802 g/mol. The number of unbranched alkanes of at least 4 members (excludes halogenated alkanes) is 9. The van der Waals surface area contributed by atoms with Gasteiger partial charge in [-0.05, 0) is 19.3 Å². The highest BCUT2D eigenvalue weighted by Crippen LogP contribution is 2.12. The summed E-state index contributed by atoms with van der Waals surface area (Å²) in [5.74, 6) is -2.17. The Kier molecular flexibility index (Phi) is 31.4. The number of methoxy groups -OCH3 is 1. The van der Waals surface area contributed by atoms with Crippen molar-refractivity contribution in [2.75, 3.05) is 73.1 Å². The molecule has 0 aliphatic rings. The molecule has 0 heterocycles. The first-order chi connectivity index (χ1) is 23.1. The number of halogens is 1. The number of carbonyl (C=O) groups is 6. The van der Waals surface area contributed by atoms with Crippen LogP contribution in [0.15, 0.2) is 0 Å². The molecule has 0 aromatic carbocycles. The Morgan fingerprint density at radius 2 is 1.06 bits per heavy atom. The van der Waals surface area contributed by atoms with Gasteiger partial charge < -0.3 is 44.7 Å². The summed E-state index contributed by atoms with van der Waals surface area (Å²) in [5, 5.41) is 16.7. The van der Waals surface area contributed by atoms with Crippen molar-refractivity contribution in [1.29, 1.82) is 0 Å². The van der Waals surface area contributed by atoms with E-state index in [0.717, 1.165) is 57.8 Å². The van der Waals surface area contributed by atoms with Crippen LogP contribution < -0.4 is 16.0 Å². The number of carbonyl (C=O) groups excluding carboxylic acids is 5. The number of rotatable bonds is 34. The van der Waals surface area contributed by atoms with E-state index in [1.807, 2.05) is 0 Å². The van der Waals surface area contributed by atoms with Crippen molar-refractivity contribution in [2.45, 2.75) is 95.9 Å². The van der Waals surface area contributed by atoms with Gasteiger partial charge in [0.15, 0.2) is 0 Å². The van der Waals surface area contributed by atoms with Gasteiger partial charge in [-0.3, -0.25) is 24.0 Å². The zero-order chi connectivity index (χ0) is 35.7. The highest BCUT2D eigenvalue weighted by molar-refractivity contribution is 14.1. The molecular weight excluding hydrogens is 745 g/mol. The number of carboxylic acids is 1. The Morgan fingerprint density at radius 3 is 1.58 bits per heavy atom. The lowest BCUT2D eigenvalue weighted by Gasteiger charge is -2.16. The third-order valence-electron chi connectivity index (χ3n) is 6.86. The van der Waals surface area contributed by atoms with E-state index < -0.39 is 18.0 Å². The predicted octanol–water partition coefficient (Wildman–Crippen LogP) is 2.45. The molecule has 15 nitrogen and oxygen atoms in total. The fourth-order valence-corrected chi connectivity index (χ4v) is 4.55.